The van der Waals surface area contributed by atoms with Crippen molar-refractivity contribution in [3.05, 3.63) is 77.2 Å². The lowest BCUT2D eigenvalue weighted by molar-refractivity contribution is 0.0698. The molecule has 4 aromatic rings. The second-order valence-corrected chi connectivity index (χ2v) is 8.67. The summed E-state index contributed by atoms with van der Waals surface area (Å²) in [6.07, 6.45) is 5.99. The number of imidazole rings is 1. The van der Waals surface area contributed by atoms with Crippen LogP contribution >= 0.6 is 0 Å². The minimum absolute atomic E-state index is 0.0886. The van der Waals surface area contributed by atoms with Gasteiger partial charge in [0, 0.05) is 29.6 Å². The number of pyridine rings is 1. The van der Waals surface area contributed by atoms with E-state index in [0.717, 1.165) is 53.6 Å². The molecule has 6 nitrogen and oxygen atoms in total. The fourth-order valence-corrected chi connectivity index (χ4v) is 4.87. The zero-order valence-electron chi connectivity index (χ0n) is 18.3. The molecule has 0 saturated carbocycles. The standard InChI is InChI=1S/C26H27N3O3/c1-16-10-20(17(2)28-23-8-4-3-7-19(23)26(30)31)22-12-21(18-6-5-9-32-14-18)25-13-27-15-29(25)24(22)11-16/h3-4,7-8,10-13,15,17-18,28H,5-6,9,14H2,1-2H3,(H,30,31). The molecular weight excluding hydrogens is 402 g/mol. The van der Waals surface area contributed by atoms with E-state index in [1.807, 2.05) is 24.7 Å². The van der Waals surface area contributed by atoms with Gasteiger partial charge in [0.25, 0.3) is 0 Å². The maximum Gasteiger partial charge on any atom is 0.337 e. The first-order chi connectivity index (χ1) is 15.5. The van der Waals surface area contributed by atoms with Gasteiger partial charge >= 0.3 is 5.97 Å². The number of rotatable bonds is 5. The minimum Gasteiger partial charge on any atom is -0.478 e. The number of fused-ring (bicyclic) bond motifs is 3. The van der Waals surface area contributed by atoms with Crippen LogP contribution in [0.1, 0.15) is 58.8 Å². The monoisotopic (exact) mass is 429 g/mol. The van der Waals surface area contributed by atoms with Gasteiger partial charge in [-0.15, -0.1) is 0 Å². The number of carbonyl (C=O) groups is 1. The number of para-hydroxylation sites is 1. The summed E-state index contributed by atoms with van der Waals surface area (Å²) in [5.41, 5.74) is 6.66. The summed E-state index contributed by atoms with van der Waals surface area (Å²) in [5, 5.41) is 14.2. The maximum absolute atomic E-state index is 11.7. The smallest absolute Gasteiger partial charge is 0.337 e. The molecule has 0 radical (unpaired) electrons. The molecule has 2 aromatic heterocycles. The highest BCUT2D eigenvalue weighted by molar-refractivity contribution is 5.94. The van der Waals surface area contributed by atoms with E-state index >= 15 is 0 Å². The molecule has 0 aliphatic carbocycles. The van der Waals surface area contributed by atoms with E-state index in [1.54, 1.807) is 12.1 Å². The lowest BCUT2D eigenvalue weighted by atomic mass is 9.90. The molecular formula is C26H27N3O3. The van der Waals surface area contributed by atoms with E-state index in [-0.39, 0.29) is 11.6 Å². The predicted molar refractivity (Wildman–Crippen MR) is 126 cm³/mol. The summed E-state index contributed by atoms with van der Waals surface area (Å²) < 4.78 is 7.96. The molecule has 5 rings (SSSR count). The van der Waals surface area contributed by atoms with Crippen molar-refractivity contribution < 1.29 is 14.6 Å². The normalized spacial score (nSPS) is 17.5. The first-order valence-electron chi connectivity index (χ1n) is 11.1. The lowest BCUT2D eigenvalue weighted by Crippen LogP contribution is -2.17. The Kier molecular flexibility index (Phi) is 5.31. The number of aromatic nitrogens is 2. The number of carboxylic acids is 1. The number of anilines is 1. The molecule has 2 N–H and O–H groups in total. The van der Waals surface area contributed by atoms with Crippen molar-refractivity contribution in [2.24, 2.45) is 0 Å². The van der Waals surface area contributed by atoms with Gasteiger partial charge in [0.15, 0.2) is 0 Å². The van der Waals surface area contributed by atoms with Crippen molar-refractivity contribution in [1.29, 1.82) is 0 Å². The summed E-state index contributed by atoms with van der Waals surface area (Å²) in [5.74, 6) is -0.591. The average Bonchev–Trinajstić information content (AvgIpc) is 3.29. The van der Waals surface area contributed by atoms with E-state index in [1.165, 1.54) is 5.56 Å². The van der Waals surface area contributed by atoms with Gasteiger partial charge in [0.05, 0.1) is 35.7 Å². The van der Waals surface area contributed by atoms with Gasteiger partial charge in [0.2, 0.25) is 0 Å². The molecule has 1 aliphatic rings. The lowest BCUT2D eigenvalue weighted by Gasteiger charge is -2.25. The van der Waals surface area contributed by atoms with Crippen molar-refractivity contribution in [3.8, 4) is 0 Å². The zero-order valence-corrected chi connectivity index (χ0v) is 18.3. The van der Waals surface area contributed by atoms with Gasteiger partial charge in [-0.05, 0) is 67.6 Å². The molecule has 2 unspecified atom stereocenters. The molecule has 2 aromatic carbocycles. The Labute approximate surface area is 186 Å². The number of benzene rings is 2. The first-order valence-corrected chi connectivity index (χ1v) is 11.1. The van der Waals surface area contributed by atoms with E-state index in [4.69, 9.17) is 4.74 Å². The summed E-state index contributed by atoms with van der Waals surface area (Å²) >= 11 is 0. The molecule has 1 aliphatic heterocycles. The van der Waals surface area contributed by atoms with Crippen molar-refractivity contribution in [2.45, 2.75) is 38.6 Å². The van der Waals surface area contributed by atoms with Crippen LogP contribution in [0.4, 0.5) is 5.69 Å². The molecule has 2 atom stereocenters. The van der Waals surface area contributed by atoms with E-state index in [9.17, 15) is 9.90 Å². The Morgan fingerprint density at radius 1 is 1.25 bits per heavy atom. The van der Waals surface area contributed by atoms with Crippen LogP contribution in [-0.4, -0.2) is 33.7 Å². The number of nitrogens with zero attached hydrogens (tertiary/aromatic N) is 2. The highest BCUT2D eigenvalue weighted by Crippen LogP contribution is 2.36. The molecule has 6 heteroatoms. The Bertz CT molecular complexity index is 1300. The number of nitrogens with one attached hydrogen (secondary N) is 1. The Hall–Kier alpha value is -3.38. The van der Waals surface area contributed by atoms with Crippen molar-refractivity contribution in [3.63, 3.8) is 0 Å². The zero-order chi connectivity index (χ0) is 22.2. The van der Waals surface area contributed by atoms with Crippen molar-refractivity contribution in [2.75, 3.05) is 18.5 Å². The van der Waals surface area contributed by atoms with Crippen LogP contribution in [-0.2, 0) is 4.74 Å². The van der Waals surface area contributed by atoms with Crippen molar-refractivity contribution in [1.82, 2.24) is 9.38 Å². The molecule has 0 amide bonds. The molecule has 0 bridgehead atoms. The average molecular weight is 430 g/mol. The third-order valence-electron chi connectivity index (χ3n) is 6.42. The van der Waals surface area contributed by atoms with Gasteiger partial charge in [-0.3, -0.25) is 4.40 Å². The number of hydrogen-bond acceptors (Lipinski definition) is 4. The van der Waals surface area contributed by atoms with Crippen molar-refractivity contribution >= 4 is 28.1 Å². The second kappa shape index (κ2) is 8.28. The third-order valence-corrected chi connectivity index (χ3v) is 6.42. The fraction of sp³-hybridized carbons (Fsp3) is 0.308. The second-order valence-electron chi connectivity index (χ2n) is 8.67. The molecule has 0 spiro atoms. The summed E-state index contributed by atoms with van der Waals surface area (Å²) in [6, 6.07) is 13.6. The number of aryl methyl sites for hydroxylation is 1. The summed E-state index contributed by atoms with van der Waals surface area (Å²) in [6.45, 7) is 5.72. The topological polar surface area (TPSA) is 75.9 Å². The molecule has 164 valence electrons. The number of aromatic carboxylic acids is 1. The highest BCUT2D eigenvalue weighted by Gasteiger charge is 2.22. The van der Waals surface area contributed by atoms with Crippen LogP contribution in [0.3, 0.4) is 0 Å². The molecule has 1 saturated heterocycles. The van der Waals surface area contributed by atoms with Crippen LogP contribution in [0, 0.1) is 6.92 Å². The van der Waals surface area contributed by atoms with Gasteiger partial charge < -0.3 is 15.2 Å². The minimum atomic E-state index is -0.936. The Morgan fingerprint density at radius 2 is 2.09 bits per heavy atom. The number of hydrogen-bond donors (Lipinski definition) is 2. The van der Waals surface area contributed by atoms with Crippen LogP contribution in [0.2, 0.25) is 0 Å². The van der Waals surface area contributed by atoms with Crippen LogP contribution < -0.4 is 5.32 Å². The predicted octanol–water partition coefficient (Wildman–Crippen LogP) is 5.56. The van der Waals surface area contributed by atoms with Gasteiger partial charge in [0.1, 0.15) is 0 Å². The summed E-state index contributed by atoms with van der Waals surface area (Å²) in [7, 11) is 0. The highest BCUT2D eigenvalue weighted by atomic mass is 16.5. The molecule has 1 fully saturated rings. The quantitative estimate of drug-likeness (QED) is 0.434. The first kappa shape index (κ1) is 20.5. The molecule has 3 heterocycles. The third kappa shape index (κ3) is 3.60. The van der Waals surface area contributed by atoms with E-state index in [0.29, 0.717) is 11.6 Å². The number of ether oxygens (including phenoxy) is 1. The maximum atomic E-state index is 11.7. The van der Waals surface area contributed by atoms with E-state index < -0.39 is 5.97 Å². The fourth-order valence-electron chi connectivity index (χ4n) is 4.87. The summed E-state index contributed by atoms with van der Waals surface area (Å²) in [4.78, 5) is 16.1. The molecule has 32 heavy (non-hydrogen) atoms. The van der Waals surface area contributed by atoms with Gasteiger partial charge in [-0.25, -0.2) is 9.78 Å². The Balaban J connectivity index is 1.65. The van der Waals surface area contributed by atoms with Crippen LogP contribution in [0.25, 0.3) is 16.4 Å². The Morgan fingerprint density at radius 3 is 2.88 bits per heavy atom. The van der Waals surface area contributed by atoms with Crippen LogP contribution in [0.15, 0.2) is 55.0 Å². The number of carboxylic acid groups (broad SMARTS) is 1. The SMILES string of the molecule is Cc1cc(C(C)Nc2ccccc2C(=O)O)c2cc(C3CCCOC3)c3cncn3c2c1. The van der Waals surface area contributed by atoms with Gasteiger partial charge in [-0.1, -0.05) is 18.2 Å². The van der Waals surface area contributed by atoms with E-state index in [2.05, 4.69) is 46.7 Å². The largest absolute Gasteiger partial charge is 0.478 e. The van der Waals surface area contributed by atoms with Gasteiger partial charge in [-0.2, -0.15) is 0 Å². The van der Waals surface area contributed by atoms with Crippen LogP contribution in [0.5, 0.6) is 0 Å².